The summed E-state index contributed by atoms with van der Waals surface area (Å²) < 4.78 is 16.9. The second-order valence-electron chi connectivity index (χ2n) is 7.11. The van der Waals surface area contributed by atoms with Gasteiger partial charge in [0, 0.05) is 15.7 Å². The summed E-state index contributed by atoms with van der Waals surface area (Å²) in [7, 11) is 3.06. The van der Waals surface area contributed by atoms with Crippen molar-refractivity contribution < 1.29 is 23.8 Å². The Kier molecular flexibility index (Phi) is 7.89. The smallest absolute Gasteiger partial charge is 0.311 e. The van der Waals surface area contributed by atoms with Crippen molar-refractivity contribution in [2.24, 2.45) is 0 Å². The third-order valence-electron chi connectivity index (χ3n) is 4.80. The lowest BCUT2D eigenvalue weighted by Gasteiger charge is -2.19. The first-order chi connectivity index (χ1) is 15.4. The number of esters is 1. The Morgan fingerprint density at radius 3 is 2.19 bits per heavy atom. The van der Waals surface area contributed by atoms with Crippen LogP contribution >= 0.6 is 15.9 Å². The number of nitrogens with one attached hydrogen (secondary N) is 1. The van der Waals surface area contributed by atoms with Crippen LogP contribution in [0.2, 0.25) is 0 Å². The summed E-state index contributed by atoms with van der Waals surface area (Å²) in [5, 5.41) is 2.82. The lowest BCUT2D eigenvalue weighted by Crippen LogP contribution is -2.26. The fraction of sp³-hybridized carbons (Fsp3) is 0.200. The number of carbonyl (C=O) groups is 2. The average molecular weight is 498 g/mol. The van der Waals surface area contributed by atoms with Crippen molar-refractivity contribution in [3.8, 4) is 11.5 Å². The zero-order valence-corrected chi connectivity index (χ0v) is 19.6. The number of hydrogen-bond acceptors (Lipinski definition) is 5. The highest BCUT2D eigenvalue weighted by Gasteiger charge is 2.26. The monoisotopic (exact) mass is 497 g/mol. The number of amides is 1. The van der Waals surface area contributed by atoms with Crippen molar-refractivity contribution in [3.63, 3.8) is 0 Å². The van der Waals surface area contributed by atoms with Gasteiger partial charge in [-0.3, -0.25) is 9.59 Å². The number of rotatable bonds is 8. The molecule has 0 saturated heterocycles. The molecule has 166 valence electrons. The number of anilines is 1. The Morgan fingerprint density at radius 2 is 1.56 bits per heavy atom. The van der Waals surface area contributed by atoms with Gasteiger partial charge in [-0.1, -0.05) is 64.0 Å². The van der Waals surface area contributed by atoms with Crippen LogP contribution in [0.4, 0.5) is 5.69 Å². The molecule has 0 aliphatic heterocycles. The van der Waals surface area contributed by atoms with E-state index in [0.29, 0.717) is 32.8 Å². The van der Waals surface area contributed by atoms with E-state index in [1.54, 1.807) is 48.5 Å². The van der Waals surface area contributed by atoms with E-state index in [4.69, 9.17) is 14.2 Å². The summed E-state index contributed by atoms with van der Waals surface area (Å²) in [6.45, 7) is 1.96. The first kappa shape index (κ1) is 23.3. The van der Waals surface area contributed by atoms with Gasteiger partial charge < -0.3 is 19.5 Å². The van der Waals surface area contributed by atoms with E-state index in [0.717, 1.165) is 5.56 Å². The molecule has 3 rings (SSSR count). The molecule has 6 nitrogen and oxygen atoms in total. The molecule has 3 aromatic rings. The molecule has 3 aromatic carbocycles. The first-order valence-electron chi connectivity index (χ1n) is 9.93. The van der Waals surface area contributed by atoms with Crippen molar-refractivity contribution >= 4 is 33.5 Å². The molecule has 0 unspecified atom stereocenters. The van der Waals surface area contributed by atoms with E-state index in [2.05, 4.69) is 21.2 Å². The Hall–Kier alpha value is -3.32. The highest BCUT2D eigenvalue weighted by atomic mass is 79.9. The molecule has 1 amide bonds. The lowest BCUT2D eigenvalue weighted by atomic mass is 10.1. The van der Waals surface area contributed by atoms with Gasteiger partial charge in [-0.15, -0.1) is 0 Å². The maximum absolute atomic E-state index is 13.0. The summed E-state index contributed by atoms with van der Waals surface area (Å²) in [5.74, 6) is 0.0527. The molecule has 0 aliphatic rings. The van der Waals surface area contributed by atoms with Gasteiger partial charge >= 0.3 is 5.97 Å². The number of aryl methyl sites for hydroxylation is 1. The fourth-order valence-corrected chi connectivity index (χ4v) is 3.57. The molecule has 0 bridgehead atoms. The van der Waals surface area contributed by atoms with E-state index in [1.807, 2.05) is 25.1 Å². The normalized spacial score (nSPS) is 11.4. The highest BCUT2D eigenvalue weighted by Crippen LogP contribution is 2.34. The van der Waals surface area contributed by atoms with E-state index in [1.165, 1.54) is 14.2 Å². The maximum atomic E-state index is 13.0. The largest absolute Gasteiger partial charge is 0.493 e. The van der Waals surface area contributed by atoms with E-state index < -0.39 is 18.0 Å². The van der Waals surface area contributed by atoms with Gasteiger partial charge in [0.05, 0.1) is 20.6 Å². The SMILES string of the molecule is COc1cc(Br)c(CC(=O)O[C@@H](C(=O)Nc2ccc(C)cc2)c2ccccc2)cc1OC. The van der Waals surface area contributed by atoms with Crippen molar-refractivity contribution in [2.75, 3.05) is 19.5 Å². The Labute approximate surface area is 195 Å². The predicted octanol–water partition coefficient (Wildman–Crippen LogP) is 5.24. The van der Waals surface area contributed by atoms with Gasteiger partial charge in [0.1, 0.15) is 0 Å². The third-order valence-corrected chi connectivity index (χ3v) is 5.53. The fourth-order valence-electron chi connectivity index (χ4n) is 3.11. The average Bonchev–Trinajstić information content (AvgIpc) is 2.80. The van der Waals surface area contributed by atoms with Crippen LogP contribution in [0.25, 0.3) is 0 Å². The van der Waals surface area contributed by atoms with E-state index in [-0.39, 0.29) is 6.42 Å². The van der Waals surface area contributed by atoms with Gasteiger partial charge in [0.2, 0.25) is 6.10 Å². The van der Waals surface area contributed by atoms with Crippen LogP contribution in [-0.2, 0) is 20.7 Å². The zero-order chi connectivity index (χ0) is 23.1. The highest BCUT2D eigenvalue weighted by molar-refractivity contribution is 9.10. The molecule has 0 heterocycles. The minimum Gasteiger partial charge on any atom is -0.493 e. The van der Waals surface area contributed by atoms with Crippen LogP contribution in [0.15, 0.2) is 71.2 Å². The maximum Gasteiger partial charge on any atom is 0.311 e. The second-order valence-corrected chi connectivity index (χ2v) is 7.97. The number of hydrogen-bond donors (Lipinski definition) is 1. The molecule has 0 fully saturated rings. The van der Waals surface area contributed by atoms with Crippen molar-refractivity contribution in [3.05, 3.63) is 87.9 Å². The van der Waals surface area contributed by atoms with Gasteiger partial charge in [-0.05, 0) is 36.8 Å². The van der Waals surface area contributed by atoms with Crippen LogP contribution in [0, 0.1) is 6.92 Å². The zero-order valence-electron chi connectivity index (χ0n) is 18.1. The Bertz CT molecular complexity index is 1080. The molecule has 0 aliphatic carbocycles. The summed E-state index contributed by atoms with van der Waals surface area (Å²) >= 11 is 3.45. The lowest BCUT2D eigenvalue weighted by molar-refractivity contribution is -0.154. The van der Waals surface area contributed by atoms with Gasteiger partial charge in [-0.25, -0.2) is 0 Å². The summed E-state index contributed by atoms with van der Waals surface area (Å²) in [6, 6.07) is 19.7. The summed E-state index contributed by atoms with van der Waals surface area (Å²) in [6.07, 6.45) is -1.15. The Balaban J connectivity index is 1.80. The molecule has 0 spiro atoms. The predicted molar refractivity (Wildman–Crippen MR) is 126 cm³/mol. The van der Waals surface area contributed by atoms with Crippen LogP contribution < -0.4 is 14.8 Å². The van der Waals surface area contributed by atoms with Gasteiger partial charge in [0.25, 0.3) is 5.91 Å². The number of carbonyl (C=O) groups excluding carboxylic acids is 2. The number of halogens is 1. The van der Waals surface area contributed by atoms with Crippen LogP contribution in [0.5, 0.6) is 11.5 Å². The topological polar surface area (TPSA) is 73.9 Å². The van der Waals surface area contributed by atoms with E-state index >= 15 is 0 Å². The molecule has 0 saturated carbocycles. The van der Waals surface area contributed by atoms with Crippen LogP contribution in [0.1, 0.15) is 22.8 Å². The van der Waals surface area contributed by atoms with Gasteiger partial charge in [0.15, 0.2) is 11.5 Å². The molecule has 0 aromatic heterocycles. The third kappa shape index (κ3) is 5.88. The quantitative estimate of drug-likeness (QED) is 0.430. The molecule has 1 atom stereocenters. The molecular formula is C25H24BrNO5. The van der Waals surface area contributed by atoms with E-state index in [9.17, 15) is 9.59 Å². The summed E-state index contributed by atoms with van der Waals surface area (Å²) in [4.78, 5) is 25.8. The van der Waals surface area contributed by atoms with Crippen molar-refractivity contribution in [1.82, 2.24) is 0 Å². The van der Waals surface area contributed by atoms with Crippen LogP contribution in [0.3, 0.4) is 0 Å². The van der Waals surface area contributed by atoms with Crippen molar-refractivity contribution in [1.29, 1.82) is 0 Å². The number of methoxy groups -OCH3 is 2. The molecular weight excluding hydrogens is 474 g/mol. The Morgan fingerprint density at radius 1 is 0.938 bits per heavy atom. The number of ether oxygens (including phenoxy) is 3. The second kappa shape index (κ2) is 10.8. The molecule has 0 radical (unpaired) electrons. The minimum atomic E-state index is -1.09. The standard InChI is InChI=1S/C25H24BrNO5/c1-16-9-11-19(12-10-16)27-25(29)24(17-7-5-4-6-8-17)32-23(28)14-18-13-21(30-2)22(31-3)15-20(18)26/h4-13,15,24H,14H2,1-3H3,(H,27,29)/t24-/m1/s1. The van der Waals surface area contributed by atoms with Crippen LogP contribution in [-0.4, -0.2) is 26.1 Å². The molecule has 7 heteroatoms. The van der Waals surface area contributed by atoms with Gasteiger partial charge in [-0.2, -0.15) is 0 Å². The number of benzene rings is 3. The molecule has 1 N–H and O–H groups in total. The van der Waals surface area contributed by atoms with Crippen molar-refractivity contribution in [2.45, 2.75) is 19.4 Å². The molecule has 32 heavy (non-hydrogen) atoms. The summed E-state index contributed by atoms with van der Waals surface area (Å²) in [5.41, 5.74) is 2.94. The minimum absolute atomic E-state index is 0.0535. The first-order valence-corrected chi connectivity index (χ1v) is 10.7.